The normalized spacial score (nSPS) is 16.5. The Morgan fingerprint density at radius 2 is 2.21 bits per heavy atom. The molecule has 1 aliphatic rings. The number of nitrogens with zero attached hydrogens (tertiary/aromatic N) is 1. The average Bonchev–Trinajstić information content (AvgIpc) is 2.91. The van der Waals surface area contributed by atoms with Gasteiger partial charge in [-0.1, -0.05) is 4.47 Å². The Bertz CT molecular complexity index is 593. The molecular weight excluding hydrogens is 272 g/mol. The fraction of sp³-hybridized carbons (Fsp3) is 0.364. The number of methoxy groups -OCH3 is 1. The van der Waals surface area contributed by atoms with Crippen LogP contribution < -0.4 is 5.73 Å². The zero-order chi connectivity index (χ0) is 14.0. The first-order valence-electron chi connectivity index (χ1n) is 5.60. The summed E-state index contributed by atoms with van der Waals surface area (Å²) >= 11 is 0. The third-order valence-electron chi connectivity index (χ3n) is 2.70. The van der Waals surface area contributed by atoms with E-state index in [1.807, 2.05) is 0 Å². The molecule has 7 nitrogen and oxygen atoms in total. The van der Waals surface area contributed by atoms with Crippen LogP contribution >= 0.6 is 0 Å². The van der Waals surface area contributed by atoms with Crippen molar-refractivity contribution in [2.75, 3.05) is 26.0 Å². The largest absolute Gasteiger partial charge is 0.465 e. The molecule has 1 heterocycles. The van der Waals surface area contributed by atoms with E-state index in [1.165, 1.54) is 25.3 Å². The van der Waals surface area contributed by atoms with Crippen LogP contribution in [0.3, 0.4) is 0 Å². The van der Waals surface area contributed by atoms with Crippen LogP contribution in [0.25, 0.3) is 0 Å². The standard InChI is InChI=1S/C11H14N2O5S/c1-17-11(14)8-3-4-10(9(12)7-8)19(15,16)13-5-2-6-18-13/h3-4,7H,2,5-6,12H2,1H3. The molecule has 0 bridgehead atoms. The Balaban J connectivity index is 2.38. The summed E-state index contributed by atoms with van der Waals surface area (Å²) in [6.07, 6.45) is 0.638. The van der Waals surface area contributed by atoms with Crippen molar-refractivity contribution in [2.45, 2.75) is 11.3 Å². The van der Waals surface area contributed by atoms with Gasteiger partial charge in [-0.2, -0.15) is 0 Å². The predicted octanol–water partition coefficient (Wildman–Crippen LogP) is 0.381. The number of nitrogen functional groups attached to an aromatic ring is 1. The molecule has 0 aliphatic carbocycles. The van der Waals surface area contributed by atoms with E-state index in [4.69, 9.17) is 10.6 Å². The Morgan fingerprint density at radius 3 is 2.74 bits per heavy atom. The molecule has 8 heteroatoms. The van der Waals surface area contributed by atoms with Gasteiger partial charge >= 0.3 is 5.97 Å². The summed E-state index contributed by atoms with van der Waals surface area (Å²) < 4.78 is 29.9. The third-order valence-corrected chi connectivity index (χ3v) is 4.45. The number of hydroxylamine groups is 1. The minimum Gasteiger partial charge on any atom is -0.465 e. The lowest BCUT2D eigenvalue weighted by molar-refractivity contribution is -0.0284. The van der Waals surface area contributed by atoms with Crippen molar-refractivity contribution in [1.82, 2.24) is 4.47 Å². The number of sulfonamides is 1. The smallest absolute Gasteiger partial charge is 0.337 e. The van der Waals surface area contributed by atoms with Crippen LogP contribution in [0.5, 0.6) is 0 Å². The number of nitrogens with two attached hydrogens (primary N) is 1. The highest BCUT2D eigenvalue weighted by molar-refractivity contribution is 7.89. The molecule has 2 N–H and O–H groups in total. The fourth-order valence-corrected chi connectivity index (χ4v) is 3.15. The molecule has 1 fully saturated rings. The second-order valence-corrected chi connectivity index (χ2v) is 5.76. The lowest BCUT2D eigenvalue weighted by atomic mass is 10.2. The van der Waals surface area contributed by atoms with Gasteiger partial charge in [-0.05, 0) is 24.6 Å². The third kappa shape index (κ3) is 2.55. The molecule has 1 saturated heterocycles. The van der Waals surface area contributed by atoms with E-state index in [0.29, 0.717) is 19.6 Å². The van der Waals surface area contributed by atoms with Crippen LogP contribution in [-0.2, 0) is 19.6 Å². The van der Waals surface area contributed by atoms with Crippen LogP contribution in [0.1, 0.15) is 16.8 Å². The maximum atomic E-state index is 12.2. The number of esters is 1. The molecule has 1 aromatic carbocycles. The highest BCUT2D eigenvalue weighted by Crippen LogP contribution is 2.25. The number of hydrogen-bond acceptors (Lipinski definition) is 6. The lowest BCUT2D eigenvalue weighted by Crippen LogP contribution is -2.27. The van der Waals surface area contributed by atoms with Crippen molar-refractivity contribution in [3.05, 3.63) is 23.8 Å². The van der Waals surface area contributed by atoms with Crippen LogP contribution in [0.4, 0.5) is 5.69 Å². The summed E-state index contributed by atoms with van der Waals surface area (Å²) in [4.78, 5) is 16.3. The van der Waals surface area contributed by atoms with Gasteiger partial charge in [0.15, 0.2) is 0 Å². The zero-order valence-corrected chi connectivity index (χ0v) is 11.1. The summed E-state index contributed by atoms with van der Waals surface area (Å²) in [5.41, 5.74) is 5.88. The maximum absolute atomic E-state index is 12.2. The molecule has 0 radical (unpaired) electrons. The Morgan fingerprint density at radius 1 is 1.47 bits per heavy atom. The number of carbonyl (C=O) groups is 1. The molecule has 104 valence electrons. The molecule has 0 aromatic heterocycles. The van der Waals surface area contributed by atoms with Crippen LogP contribution in [-0.4, -0.2) is 39.1 Å². The molecular formula is C11H14N2O5S. The van der Waals surface area contributed by atoms with Gasteiger partial charge in [0.1, 0.15) is 4.90 Å². The van der Waals surface area contributed by atoms with E-state index in [0.717, 1.165) is 4.47 Å². The Kier molecular flexibility index (Phi) is 3.74. The first-order chi connectivity index (χ1) is 8.96. The van der Waals surface area contributed by atoms with E-state index in [-0.39, 0.29) is 16.1 Å². The van der Waals surface area contributed by atoms with Crippen molar-refractivity contribution in [2.24, 2.45) is 0 Å². The molecule has 0 amide bonds. The molecule has 1 aromatic rings. The van der Waals surface area contributed by atoms with Gasteiger partial charge in [-0.25, -0.2) is 13.2 Å². The highest BCUT2D eigenvalue weighted by atomic mass is 32.2. The summed E-state index contributed by atoms with van der Waals surface area (Å²) in [5, 5.41) is 0. The van der Waals surface area contributed by atoms with E-state index < -0.39 is 16.0 Å². The first-order valence-corrected chi connectivity index (χ1v) is 7.04. The Hall–Kier alpha value is -1.64. The quantitative estimate of drug-likeness (QED) is 0.637. The summed E-state index contributed by atoms with van der Waals surface area (Å²) in [5.74, 6) is -0.576. The van der Waals surface area contributed by atoms with Gasteiger partial charge in [0.2, 0.25) is 0 Å². The van der Waals surface area contributed by atoms with Gasteiger partial charge in [-0.3, -0.25) is 4.84 Å². The molecule has 0 spiro atoms. The highest BCUT2D eigenvalue weighted by Gasteiger charge is 2.30. The van der Waals surface area contributed by atoms with Gasteiger partial charge in [-0.15, -0.1) is 0 Å². The number of carbonyl (C=O) groups excluding carboxylic acids is 1. The van der Waals surface area contributed by atoms with Gasteiger partial charge in [0.25, 0.3) is 10.0 Å². The number of hydrogen-bond donors (Lipinski definition) is 1. The maximum Gasteiger partial charge on any atom is 0.337 e. The van der Waals surface area contributed by atoms with Crippen molar-refractivity contribution >= 4 is 21.7 Å². The number of anilines is 1. The minimum atomic E-state index is -3.78. The van der Waals surface area contributed by atoms with Gasteiger partial charge in [0.05, 0.1) is 25.0 Å². The minimum absolute atomic E-state index is 0.0154. The van der Waals surface area contributed by atoms with Crippen molar-refractivity contribution in [1.29, 1.82) is 0 Å². The van der Waals surface area contributed by atoms with Gasteiger partial charge in [0, 0.05) is 6.54 Å². The van der Waals surface area contributed by atoms with E-state index in [1.54, 1.807) is 0 Å². The van der Waals surface area contributed by atoms with Crippen molar-refractivity contribution in [3.63, 3.8) is 0 Å². The van der Waals surface area contributed by atoms with E-state index in [2.05, 4.69) is 4.74 Å². The Labute approximate surface area is 110 Å². The molecule has 0 unspecified atom stereocenters. The fourth-order valence-electron chi connectivity index (χ4n) is 1.75. The molecule has 0 atom stereocenters. The molecule has 19 heavy (non-hydrogen) atoms. The number of benzene rings is 1. The van der Waals surface area contributed by atoms with Crippen LogP contribution in [0.2, 0.25) is 0 Å². The van der Waals surface area contributed by atoms with E-state index >= 15 is 0 Å². The first kappa shape index (κ1) is 13.8. The molecule has 1 aliphatic heterocycles. The zero-order valence-electron chi connectivity index (χ0n) is 10.3. The summed E-state index contributed by atoms with van der Waals surface area (Å²) in [7, 11) is -2.55. The van der Waals surface area contributed by atoms with Crippen LogP contribution in [0, 0.1) is 0 Å². The second kappa shape index (κ2) is 5.16. The van der Waals surface area contributed by atoms with Gasteiger partial charge < -0.3 is 10.5 Å². The summed E-state index contributed by atoms with van der Waals surface area (Å²) in [6, 6.07) is 3.90. The van der Waals surface area contributed by atoms with Crippen molar-refractivity contribution < 1.29 is 22.8 Å². The summed E-state index contributed by atoms with van der Waals surface area (Å²) in [6.45, 7) is 0.653. The second-order valence-electron chi connectivity index (χ2n) is 3.96. The average molecular weight is 286 g/mol. The lowest BCUT2D eigenvalue weighted by Gasteiger charge is -2.15. The van der Waals surface area contributed by atoms with Crippen molar-refractivity contribution in [3.8, 4) is 0 Å². The molecule has 2 rings (SSSR count). The number of rotatable bonds is 3. The van der Waals surface area contributed by atoms with E-state index in [9.17, 15) is 13.2 Å². The monoisotopic (exact) mass is 286 g/mol. The number of ether oxygens (including phenoxy) is 1. The van der Waals surface area contributed by atoms with Crippen LogP contribution in [0.15, 0.2) is 23.1 Å². The predicted molar refractivity (Wildman–Crippen MR) is 66.7 cm³/mol. The SMILES string of the molecule is COC(=O)c1ccc(S(=O)(=O)N2CCCO2)c(N)c1. The topological polar surface area (TPSA) is 98.9 Å². The molecule has 0 saturated carbocycles.